The molecule has 0 aromatic heterocycles. The lowest BCUT2D eigenvalue weighted by molar-refractivity contribution is -0.140. The molecule has 1 unspecified atom stereocenters. The van der Waals surface area contributed by atoms with Gasteiger partial charge in [0.25, 0.3) is 0 Å². The first-order chi connectivity index (χ1) is 12.9. The molecule has 0 bridgehead atoms. The van der Waals surface area contributed by atoms with Gasteiger partial charge < -0.3 is 4.74 Å². The minimum Gasteiger partial charge on any atom is -0.475 e. The van der Waals surface area contributed by atoms with Crippen LogP contribution in [0.1, 0.15) is 23.6 Å². The van der Waals surface area contributed by atoms with E-state index in [1.165, 1.54) is 6.07 Å². The molecule has 0 saturated carbocycles. The van der Waals surface area contributed by atoms with E-state index >= 15 is 0 Å². The van der Waals surface area contributed by atoms with Crippen molar-refractivity contribution in [2.45, 2.75) is 25.3 Å². The predicted octanol–water partition coefficient (Wildman–Crippen LogP) is 4.66. The highest BCUT2D eigenvalue weighted by molar-refractivity contribution is 7.55. The second kappa shape index (κ2) is 7.35. The number of rotatable bonds is 3. The van der Waals surface area contributed by atoms with Gasteiger partial charge in [-0.25, -0.2) is 9.38 Å². The molecular weight excluding hydrogens is 410 g/mol. The van der Waals surface area contributed by atoms with Crippen molar-refractivity contribution >= 4 is 25.1 Å². The molecule has 2 nitrogen and oxygen atoms in total. The number of halogens is 7. The van der Waals surface area contributed by atoms with Gasteiger partial charge >= 0.3 is 12.4 Å². The van der Waals surface area contributed by atoms with Crippen LogP contribution in [0.25, 0.3) is 0 Å². The normalized spacial score (nSPS) is 17.9. The average molecular weight is 423 g/mol. The third-order valence-corrected chi connectivity index (χ3v) is 5.23. The van der Waals surface area contributed by atoms with Gasteiger partial charge in [0.05, 0.1) is 17.2 Å². The number of nitrogens with zero attached hydrogens (tertiary/aromatic N) is 1. The molecule has 2 atom stereocenters. The van der Waals surface area contributed by atoms with Crippen molar-refractivity contribution in [3.8, 4) is 0 Å². The summed E-state index contributed by atoms with van der Waals surface area (Å²) in [6.07, 6.45) is -9.41. The Morgan fingerprint density at radius 1 is 1.00 bits per heavy atom. The van der Waals surface area contributed by atoms with Gasteiger partial charge in [-0.2, -0.15) is 26.3 Å². The highest BCUT2D eigenvalue weighted by Crippen LogP contribution is 2.33. The van der Waals surface area contributed by atoms with Crippen LogP contribution >= 0.6 is 8.58 Å². The zero-order chi connectivity index (χ0) is 20.7. The van der Waals surface area contributed by atoms with E-state index in [1.807, 2.05) is 0 Å². The van der Waals surface area contributed by atoms with E-state index < -0.39 is 29.3 Å². The Morgan fingerprint density at radius 3 is 2.25 bits per heavy atom. The van der Waals surface area contributed by atoms with Crippen molar-refractivity contribution < 1.29 is 35.5 Å². The van der Waals surface area contributed by atoms with E-state index in [9.17, 15) is 30.7 Å². The third-order valence-electron chi connectivity index (χ3n) is 3.93. The molecule has 0 spiro atoms. The topological polar surface area (TPSA) is 21.6 Å². The maximum atomic E-state index is 13.8. The Bertz CT molecular complexity index is 921. The summed E-state index contributed by atoms with van der Waals surface area (Å²) >= 11 is 0. The van der Waals surface area contributed by atoms with Crippen LogP contribution in [-0.2, 0) is 17.1 Å². The first-order valence-electron chi connectivity index (χ1n) is 8.01. The standard InChI is InChI=1S/C18H13F7NOP/c1-9-8-27-16(26-9)12-6-10(17(20,21)22)2-5-15(12)28-11-3-4-13(14(19)7-11)18(23,24)25/h2-7,9,28H,8H2,1H3/t9-/m0/s1. The average Bonchev–Trinajstić information content (AvgIpc) is 2.99. The fourth-order valence-corrected chi connectivity index (χ4v) is 3.76. The largest absolute Gasteiger partial charge is 0.475 e. The molecule has 0 aliphatic carbocycles. The number of benzene rings is 2. The molecule has 1 aliphatic rings. The molecular formula is C18H13F7NOP. The highest BCUT2D eigenvalue weighted by atomic mass is 31.1. The summed E-state index contributed by atoms with van der Waals surface area (Å²) in [4.78, 5) is 4.16. The number of hydrogen-bond acceptors (Lipinski definition) is 2. The van der Waals surface area contributed by atoms with Crippen molar-refractivity contribution in [3.63, 3.8) is 0 Å². The summed E-state index contributed by atoms with van der Waals surface area (Å²) in [6.45, 7) is 1.94. The van der Waals surface area contributed by atoms with Gasteiger partial charge in [0, 0.05) is 5.56 Å². The number of ether oxygens (including phenoxy) is 1. The lowest BCUT2D eigenvalue weighted by atomic mass is 10.1. The molecule has 0 radical (unpaired) electrons. The molecule has 0 N–H and O–H groups in total. The quantitative estimate of drug-likeness (QED) is 0.520. The Balaban J connectivity index is 2.00. The van der Waals surface area contributed by atoms with Crippen molar-refractivity contribution in [3.05, 3.63) is 58.9 Å². The van der Waals surface area contributed by atoms with Crippen LogP contribution in [0.15, 0.2) is 41.4 Å². The lowest BCUT2D eigenvalue weighted by Gasteiger charge is -2.14. The molecule has 0 amide bonds. The highest BCUT2D eigenvalue weighted by Gasteiger charge is 2.34. The van der Waals surface area contributed by atoms with Crippen LogP contribution in [0, 0.1) is 5.82 Å². The Labute approximate surface area is 157 Å². The first kappa shape index (κ1) is 20.6. The molecule has 10 heteroatoms. The van der Waals surface area contributed by atoms with Crippen LogP contribution in [-0.4, -0.2) is 18.5 Å². The van der Waals surface area contributed by atoms with Crippen molar-refractivity contribution in [1.82, 2.24) is 0 Å². The number of aliphatic imine (C=N–C) groups is 1. The van der Waals surface area contributed by atoms with E-state index in [-0.39, 0.29) is 38.0 Å². The molecule has 2 aromatic carbocycles. The molecule has 1 heterocycles. The zero-order valence-corrected chi connectivity index (χ0v) is 15.2. The fourth-order valence-electron chi connectivity index (χ4n) is 2.61. The monoisotopic (exact) mass is 423 g/mol. The second-order valence-electron chi connectivity index (χ2n) is 6.17. The van der Waals surface area contributed by atoms with Crippen LogP contribution in [0.5, 0.6) is 0 Å². The summed E-state index contributed by atoms with van der Waals surface area (Å²) in [6, 6.07) is 5.19. The van der Waals surface area contributed by atoms with Gasteiger partial charge in [-0.3, -0.25) is 0 Å². The minimum absolute atomic E-state index is 0.0356. The third kappa shape index (κ3) is 4.46. The molecule has 1 aliphatic heterocycles. The van der Waals surface area contributed by atoms with Crippen LogP contribution < -0.4 is 10.6 Å². The second-order valence-corrected chi connectivity index (χ2v) is 7.54. The van der Waals surface area contributed by atoms with Gasteiger partial charge in [-0.05, 0) is 41.8 Å². The SMILES string of the molecule is C[C@H]1COC(c2cc(C(F)(F)F)ccc2Pc2ccc(C(F)(F)F)c(F)c2)=N1. The Morgan fingerprint density at radius 2 is 1.71 bits per heavy atom. The maximum absolute atomic E-state index is 13.8. The summed E-state index contributed by atoms with van der Waals surface area (Å²) in [5.74, 6) is -1.40. The molecule has 150 valence electrons. The number of hydrogen-bond donors (Lipinski definition) is 0. The van der Waals surface area contributed by atoms with Gasteiger partial charge in [0.1, 0.15) is 12.4 Å². The lowest BCUT2D eigenvalue weighted by Crippen LogP contribution is -2.19. The summed E-state index contributed by atoms with van der Waals surface area (Å²) in [5.41, 5.74) is -2.20. The first-order valence-corrected chi connectivity index (χ1v) is 9.01. The van der Waals surface area contributed by atoms with E-state index in [4.69, 9.17) is 4.74 Å². The van der Waals surface area contributed by atoms with E-state index in [0.29, 0.717) is 11.4 Å². The van der Waals surface area contributed by atoms with Crippen LogP contribution in [0.3, 0.4) is 0 Å². The zero-order valence-electron chi connectivity index (χ0n) is 14.2. The van der Waals surface area contributed by atoms with Crippen LogP contribution in [0.4, 0.5) is 30.7 Å². The van der Waals surface area contributed by atoms with Gasteiger partial charge in [-0.1, -0.05) is 20.7 Å². The molecule has 0 fully saturated rings. The minimum atomic E-state index is -4.83. The molecule has 0 saturated heterocycles. The summed E-state index contributed by atoms with van der Waals surface area (Å²) < 4.78 is 96.4. The van der Waals surface area contributed by atoms with E-state index in [0.717, 1.165) is 24.3 Å². The van der Waals surface area contributed by atoms with Gasteiger partial charge in [0.15, 0.2) is 0 Å². The van der Waals surface area contributed by atoms with Gasteiger partial charge in [0.2, 0.25) is 5.90 Å². The van der Waals surface area contributed by atoms with Gasteiger partial charge in [-0.15, -0.1) is 0 Å². The Kier molecular flexibility index (Phi) is 5.40. The molecule has 2 aromatic rings. The molecule has 28 heavy (non-hydrogen) atoms. The van der Waals surface area contributed by atoms with Crippen molar-refractivity contribution in [2.75, 3.05) is 6.61 Å². The van der Waals surface area contributed by atoms with E-state index in [1.54, 1.807) is 6.92 Å². The van der Waals surface area contributed by atoms with Crippen molar-refractivity contribution in [2.24, 2.45) is 4.99 Å². The summed E-state index contributed by atoms with van der Waals surface area (Å²) in [5, 5.41) is 0.568. The predicted molar refractivity (Wildman–Crippen MR) is 92.4 cm³/mol. The Hall–Kier alpha value is -2.15. The maximum Gasteiger partial charge on any atom is 0.419 e. The fraction of sp³-hybridized carbons (Fsp3) is 0.278. The van der Waals surface area contributed by atoms with Crippen molar-refractivity contribution in [1.29, 1.82) is 0 Å². The van der Waals surface area contributed by atoms with E-state index in [2.05, 4.69) is 4.99 Å². The summed E-state index contributed by atoms with van der Waals surface area (Å²) in [7, 11) is -0.385. The van der Waals surface area contributed by atoms with Crippen LogP contribution in [0.2, 0.25) is 0 Å². The molecule has 3 rings (SSSR count). The smallest absolute Gasteiger partial charge is 0.419 e. The number of alkyl halides is 6.